The van der Waals surface area contributed by atoms with E-state index in [1.165, 1.54) is 0 Å². The minimum Gasteiger partial charge on any atom is -0.492 e. The highest BCUT2D eigenvalue weighted by Crippen LogP contribution is 2.16. The molecule has 144 valence electrons. The number of hydrogen-bond acceptors (Lipinski definition) is 4. The molecule has 1 aliphatic rings. The van der Waals surface area contributed by atoms with Gasteiger partial charge in [0.15, 0.2) is 0 Å². The molecule has 8 heteroatoms. The summed E-state index contributed by atoms with van der Waals surface area (Å²) in [4.78, 5) is 14.1. The van der Waals surface area contributed by atoms with E-state index in [1.807, 2.05) is 31.2 Å². The summed E-state index contributed by atoms with van der Waals surface area (Å²) >= 11 is 5.84. The summed E-state index contributed by atoms with van der Waals surface area (Å²) in [5, 5.41) is 3.78. The Morgan fingerprint density at radius 1 is 1.32 bits per heavy atom. The molecule has 0 radical (unpaired) electrons. The smallest absolute Gasteiger partial charge is 0.221 e. The number of likely N-dealkylation sites (tertiary alicyclic amines) is 1. The fourth-order valence-corrected chi connectivity index (χ4v) is 2.83. The Kier molecular flexibility index (Phi) is 12.2. The van der Waals surface area contributed by atoms with Gasteiger partial charge in [-0.2, -0.15) is 0 Å². The number of halogens is 3. The molecule has 0 saturated carbocycles. The molecular formula is C17H28Cl3N3O2. The number of nitrogens with two attached hydrogens (primary N) is 1. The normalized spacial score (nSPS) is 16.3. The highest BCUT2D eigenvalue weighted by molar-refractivity contribution is 6.30. The van der Waals surface area contributed by atoms with E-state index >= 15 is 0 Å². The lowest BCUT2D eigenvalue weighted by molar-refractivity contribution is -0.122. The van der Waals surface area contributed by atoms with Crippen LogP contribution in [-0.4, -0.2) is 49.1 Å². The number of piperidine rings is 1. The van der Waals surface area contributed by atoms with E-state index in [0.717, 1.165) is 38.2 Å². The third-order valence-electron chi connectivity index (χ3n) is 3.95. The number of nitrogens with one attached hydrogen (secondary N) is 1. The summed E-state index contributed by atoms with van der Waals surface area (Å²) in [5.41, 5.74) is 5.64. The Labute approximate surface area is 167 Å². The van der Waals surface area contributed by atoms with Gasteiger partial charge in [-0.1, -0.05) is 11.6 Å². The maximum absolute atomic E-state index is 11.7. The van der Waals surface area contributed by atoms with Gasteiger partial charge in [-0.3, -0.25) is 9.69 Å². The van der Waals surface area contributed by atoms with E-state index in [4.69, 9.17) is 22.1 Å². The predicted molar refractivity (Wildman–Crippen MR) is 107 cm³/mol. The van der Waals surface area contributed by atoms with Crippen molar-refractivity contribution in [2.24, 2.45) is 5.73 Å². The molecule has 0 bridgehead atoms. The second-order valence-electron chi connectivity index (χ2n) is 6.17. The molecule has 1 saturated heterocycles. The molecule has 5 nitrogen and oxygen atoms in total. The van der Waals surface area contributed by atoms with Crippen molar-refractivity contribution in [2.75, 3.05) is 26.2 Å². The number of hydrogen-bond donors (Lipinski definition) is 2. The molecule has 25 heavy (non-hydrogen) atoms. The second kappa shape index (κ2) is 12.6. The molecule has 1 aliphatic heterocycles. The highest BCUT2D eigenvalue weighted by Gasteiger charge is 2.20. The number of rotatable bonds is 7. The zero-order chi connectivity index (χ0) is 16.7. The molecular weight excluding hydrogens is 385 g/mol. The van der Waals surface area contributed by atoms with Gasteiger partial charge in [0.05, 0.1) is 0 Å². The van der Waals surface area contributed by atoms with E-state index in [9.17, 15) is 4.79 Å². The molecule has 1 heterocycles. The number of nitrogens with zero attached hydrogens (tertiary/aromatic N) is 1. The van der Waals surface area contributed by atoms with Gasteiger partial charge in [0.25, 0.3) is 0 Å². The average Bonchev–Trinajstić information content (AvgIpc) is 2.50. The summed E-state index contributed by atoms with van der Waals surface area (Å²) < 4.78 is 5.71. The van der Waals surface area contributed by atoms with Crippen LogP contribution in [0, 0.1) is 0 Å². The molecule has 1 fully saturated rings. The lowest BCUT2D eigenvalue weighted by atomic mass is 10.0. The lowest BCUT2D eigenvalue weighted by Gasteiger charge is -2.32. The van der Waals surface area contributed by atoms with Gasteiger partial charge in [-0.15, -0.1) is 24.8 Å². The molecule has 1 atom stereocenters. The van der Waals surface area contributed by atoms with Crippen molar-refractivity contribution in [3.63, 3.8) is 0 Å². The van der Waals surface area contributed by atoms with Crippen molar-refractivity contribution in [1.29, 1.82) is 0 Å². The van der Waals surface area contributed by atoms with Gasteiger partial charge < -0.3 is 15.8 Å². The van der Waals surface area contributed by atoms with Gasteiger partial charge in [-0.25, -0.2) is 0 Å². The fraction of sp³-hybridized carbons (Fsp3) is 0.588. The van der Waals surface area contributed by atoms with Gasteiger partial charge in [-0.05, 0) is 44.0 Å². The number of ether oxygens (including phenoxy) is 1. The SMILES string of the molecule is CC(N)CC(=O)NC1CCN(CCOc2ccc(Cl)cc2)CC1.Cl.Cl. The molecule has 1 aromatic rings. The minimum atomic E-state index is -0.0832. The second-order valence-corrected chi connectivity index (χ2v) is 6.60. The van der Waals surface area contributed by atoms with Gasteiger partial charge >= 0.3 is 0 Å². The van der Waals surface area contributed by atoms with Crippen LogP contribution >= 0.6 is 36.4 Å². The highest BCUT2D eigenvalue weighted by atomic mass is 35.5. The molecule has 2 rings (SSSR count). The van der Waals surface area contributed by atoms with Crippen LogP contribution in [-0.2, 0) is 4.79 Å². The molecule has 1 unspecified atom stereocenters. The lowest BCUT2D eigenvalue weighted by Crippen LogP contribution is -2.46. The Balaban J connectivity index is 0.00000288. The maximum Gasteiger partial charge on any atom is 0.221 e. The van der Waals surface area contributed by atoms with Gasteiger partial charge in [0.2, 0.25) is 5.91 Å². The zero-order valence-corrected chi connectivity index (χ0v) is 16.8. The average molecular weight is 413 g/mol. The van der Waals surface area contributed by atoms with Crippen LogP contribution in [0.4, 0.5) is 0 Å². The topological polar surface area (TPSA) is 67.6 Å². The van der Waals surface area contributed by atoms with Gasteiger partial charge in [0.1, 0.15) is 12.4 Å². The summed E-state index contributed by atoms with van der Waals surface area (Å²) in [5.74, 6) is 0.900. The van der Waals surface area contributed by atoms with E-state index in [2.05, 4.69) is 10.2 Å². The predicted octanol–water partition coefficient (Wildman–Crippen LogP) is 2.88. The zero-order valence-electron chi connectivity index (χ0n) is 14.4. The Morgan fingerprint density at radius 2 is 1.92 bits per heavy atom. The Morgan fingerprint density at radius 3 is 2.48 bits per heavy atom. The fourth-order valence-electron chi connectivity index (χ4n) is 2.70. The first-order valence-corrected chi connectivity index (χ1v) is 8.56. The first-order chi connectivity index (χ1) is 11.0. The van der Waals surface area contributed by atoms with Crippen LogP contribution < -0.4 is 15.8 Å². The minimum absolute atomic E-state index is 0. The molecule has 3 N–H and O–H groups in total. The molecule has 0 spiro atoms. The van der Waals surface area contributed by atoms with Crippen molar-refractivity contribution in [2.45, 2.75) is 38.3 Å². The monoisotopic (exact) mass is 411 g/mol. The van der Waals surface area contributed by atoms with Gasteiger partial charge in [0, 0.05) is 43.2 Å². The molecule has 1 amide bonds. The summed E-state index contributed by atoms with van der Waals surface area (Å²) in [6.07, 6.45) is 2.35. The van der Waals surface area contributed by atoms with Crippen LogP contribution in [0.1, 0.15) is 26.2 Å². The van der Waals surface area contributed by atoms with Crippen LogP contribution in [0.15, 0.2) is 24.3 Å². The first kappa shape index (κ1) is 24.3. The van der Waals surface area contributed by atoms with Crippen LogP contribution in [0.3, 0.4) is 0 Å². The van der Waals surface area contributed by atoms with E-state index in [1.54, 1.807) is 0 Å². The van der Waals surface area contributed by atoms with Crippen molar-refractivity contribution >= 4 is 42.3 Å². The Bertz CT molecular complexity index is 492. The summed E-state index contributed by atoms with van der Waals surface area (Å²) in [6, 6.07) is 7.60. The number of carbonyl (C=O) groups excluding carboxylic acids is 1. The Hall–Kier alpha value is -0.720. The molecule has 0 aromatic heterocycles. The number of benzene rings is 1. The quantitative estimate of drug-likeness (QED) is 0.722. The third-order valence-corrected chi connectivity index (χ3v) is 4.20. The van der Waals surface area contributed by atoms with Crippen molar-refractivity contribution < 1.29 is 9.53 Å². The first-order valence-electron chi connectivity index (χ1n) is 8.18. The molecule has 0 aliphatic carbocycles. The summed E-state index contributed by atoms with van der Waals surface area (Å²) in [6.45, 7) is 5.36. The van der Waals surface area contributed by atoms with E-state index in [-0.39, 0.29) is 42.8 Å². The number of carbonyl (C=O) groups is 1. The largest absolute Gasteiger partial charge is 0.492 e. The molecule has 1 aromatic carbocycles. The summed E-state index contributed by atoms with van der Waals surface area (Å²) in [7, 11) is 0. The van der Waals surface area contributed by atoms with Crippen LogP contribution in [0.25, 0.3) is 0 Å². The third kappa shape index (κ3) is 9.52. The van der Waals surface area contributed by atoms with Crippen LogP contribution in [0.2, 0.25) is 5.02 Å². The standard InChI is InChI=1S/C17H26ClN3O2.2ClH/c1-13(19)12-17(22)20-15-6-8-21(9-7-15)10-11-23-16-4-2-14(18)3-5-16;;/h2-5,13,15H,6-12,19H2,1H3,(H,20,22);2*1H. The maximum atomic E-state index is 11.7. The van der Waals surface area contributed by atoms with Crippen molar-refractivity contribution in [1.82, 2.24) is 10.2 Å². The van der Waals surface area contributed by atoms with E-state index < -0.39 is 0 Å². The van der Waals surface area contributed by atoms with E-state index in [0.29, 0.717) is 18.1 Å². The number of amides is 1. The van der Waals surface area contributed by atoms with Crippen molar-refractivity contribution in [3.05, 3.63) is 29.3 Å². The van der Waals surface area contributed by atoms with Crippen molar-refractivity contribution in [3.8, 4) is 5.75 Å². The van der Waals surface area contributed by atoms with Crippen LogP contribution in [0.5, 0.6) is 5.75 Å².